The largest absolute Gasteiger partial charge is 4.00 e. The van der Waals surface area contributed by atoms with Gasteiger partial charge in [0.2, 0.25) is 0 Å². The fourth-order valence-corrected chi connectivity index (χ4v) is 10.7. The van der Waals surface area contributed by atoms with Crippen LogP contribution in [0.4, 0.5) is 0 Å². The van der Waals surface area contributed by atoms with Crippen molar-refractivity contribution in [3.63, 3.8) is 0 Å². The zero-order valence-corrected chi connectivity index (χ0v) is 49.5. The average molecular weight is 1010 g/mol. The number of hydrogen-bond donors (Lipinski definition) is 0. The van der Waals surface area contributed by atoms with E-state index in [0.29, 0.717) is 51.4 Å². The van der Waals surface area contributed by atoms with E-state index in [4.69, 9.17) is 0 Å². The van der Waals surface area contributed by atoms with Crippen LogP contribution >= 0.6 is 0 Å². The molecule has 0 N–H and O–H groups in total. The van der Waals surface area contributed by atoms with E-state index in [1.807, 2.05) is 111 Å². The Kier molecular flexibility index (Phi) is 36.9. The van der Waals surface area contributed by atoms with Gasteiger partial charge >= 0.3 is 21.7 Å². The van der Waals surface area contributed by atoms with Crippen molar-refractivity contribution in [2.24, 2.45) is 92.7 Å². The first-order valence-corrected chi connectivity index (χ1v) is 26.0. The van der Waals surface area contributed by atoms with Gasteiger partial charge in [-0.1, -0.05) is 166 Å². The summed E-state index contributed by atoms with van der Waals surface area (Å²) in [6.07, 6.45) is 2.45. The molecule has 0 saturated carbocycles. The van der Waals surface area contributed by atoms with E-state index in [1.165, 1.54) is 0 Å². The van der Waals surface area contributed by atoms with Crippen LogP contribution in [0.15, 0.2) is 0 Å². The molecule has 12 nitrogen and oxygen atoms in total. The molecule has 0 amide bonds. The number of aliphatic carboxylic acids is 4. The third-order valence-electron chi connectivity index (χ3n) is 15.2. The van der Waals surface area contributed by atoms with Gasteiger partial charge in [-0.15, -0.1) is 0 Å². The van der Waals surface area contributed by atoms with Crippen molar-refractivity contribution < 1.29 is 80.5 Å². The summed E-state index contributed by atoms with van der Waals surface area (Å²) in [5.74, 6) is -5.18. The van der Waals surface area contributed by atoms with Crippen LogP contribution in [0, 0.1) is 92.7 Å². The molecule has 13 heteroatoms. The molecule has 0 heterocycles. The molecule has 0 unspecified atom stereocenters. The second kappa shape index (κ2) is 33.8. The number of Topliss-reactive ketones (excluding diaryl/α,β-unsaturated/α-hetero) is 4. The molecule has 0 rings (SSSR count). The molecule has 0 bridgehead atoms. The van der Waals surface area contributed by atoms with Gasteiger partial charge in [-0.25, -0.2) is 0 Å². The minimum absolute atomic E-state index is 0. The summed E-state index contributed by atoms with van der Waals surface area (Å²) in [5, 5.41) is 45.4. The Balaban J connectivity index is -0.000000263. The molecule has 0 aliphatic carbocycles. The normalized spacial score (nSPS) is 12.3. The summed E-state index contributed by atoms with van der Waals surface area (Å²) in [4.78, 5) is 95.5. The number of rotatable bonds is 28. The summed E-state index contributed by atoms with van der Waals surface area (Å²) in [5.41, 5.74) is -5.23. The van der Waals surface area contributed by atoms with Crippen LogP contribution in [0.5, 0.6) is 0 Å². The average Bonchev–Trinajstić information content (AvgIpc) is 3.20. The maximum absolute atomic E-state index is 12.5. The zero-order chi connectivity index (χ0) is 55.2. The van der Waals surface area contributed by atoms with Crippen LogP contribution in [0.1, 0.15) is 218 Å². The monoisotopic (exact) mass is 1010 g/mol. The van der Waals surface area contributed by atoms with E-state index < -0.39 is 45.5 Å². The van der Waals surface area contributed by atoms with Crippen LogP contribution in [0.3, 0.4) is 0 Å². The van der Waals surface area contributed by atoms with E-state index in [2.05, 4.69) is 0 Å². The van der Waals surface area contributed by atoms with Gasteiger partial charge in [-0.05, 0) is 98.7 Å². The minimum atomic E-state index is -1.31. The number of carboxylic acids is 4. The Labute approximate surface area is 435 Å². The molecule has 0 fully saturated rings. The third-order valence-corrected chi connectivity index (χ3v) is 15.2. The molecule has 0 spiro atoms. The van der Waals surface area contributed by atoms with Gasteiger partial charge in [0, 0.05) is 23.7 Å². The molecule has 0 radical (unpaired) electrons. The van der Waals surface area contributed by atoms with Crippen LogP contribution in [0.2, 0.25) is 0 Å². The van der Waals surface area contributed by atoms with Crippen molar-refractivity contribution in [2.45, 2.75) is 218 Å². The van der Waals surface area contributed by atoms with E-state index >= 15 is 0 Å². The van der Waals surface area contributed by atoms with E-state index in [0.717, 1.165) is 0 Å². The number of ketones is 4. The quantitative estimate of drug-likeness (QED) is 0.0534. The van der Waals surface area contributed by atoms with Crippen LogP contribution < -0.4 is 20.4 Å². The van der Waals surface area contributed by atoms with Gasteiger partial charge in [-0.3, -0.25) is 19.2 Å². The molecule has 400 valence electrons. The van der Waals surface area contributed by atoms with Gasteiger partial charge in [0.25, 0.3) is 0 Å². The van der Waals surface area contributed by atoms with Crippen LogP contribution in [-0.4, -0.2) is 47.0 Å². The van der Waals surface area contributed by atoms with Crippen molar-refractivity contribution in [1.29, 1.82) is 0 Å². The Hall–Kier alpha value is -2.73. The number of hydrogen-bond acceptors (Lipinski definition) is 12. The number of carbonyl (C=O) groups excluding carboxylic acids is 8. The van der Waals surface area contributed by atoms with Gasteiger partial charge in [-0.2, -0.15) is 0 Å². The first-order chi connectivity index (χ1) is 31.0. The van der Waals surface area contributed by atoms with Crippen LogP contribution in [0.25, 0.3) is 0 Å². The molecule has 0 aromatic heterocycles. The zero-order valence-electron chi connectivity index (χ0n) is 48.0. The third kappa shape index (κ3) is 19.0. The summed E-state index contributed by atoms with van der Waals surface area (Å²) >= 11 is 0. The number of carbonyl (C=O) groups is 8. The van der Waals surface area contributed by atoms with Crippen molar-refractivity contribution in [1.82, 2.24) is 0 Å². The molecule has 0 saturated heterocycles. The maximum atomic E-state index is 12.5. The minimum Gasteiger partial charge on any atom is -0.549 e. The topological polar surface area (TPSA) is 229 Å². The van der Waals surface area contributed by atoms with Gasteiger partial charge < -0.3 is 39.6 Å². The summed E-state index contributed by atoms with van der Waals surface area (Å²) < 4.78 is 0. The molecule has 0 aliphatic rings. The standard InChI is InChI=1S/4C14H26O3.Ti/c4*1-7-14(8-2,13(16)17)12(15)11(9(3)4)10(5)6;/h4*9-11H,7-8H2,1-6H3,(H,16,17);/q;;;;+4/p-4. The van der Waals surface area contributed by atoms with Gasteiger partial charge in [0.15, 0.2) is 0 Å². The molecule has 0 aliphatic heterocycles. The van der Waals surface area contributed by atoms with E-state index in [9.17, 15) is 58.8 Å². The smallest absolute Gasteiger partial charge is 0.549 e. The van der Waals surface area contributed by atoms with Gasteiger partial charge in [0.1, 0.15) is 23.1 Å². The van der Waals surface area contributed by atoms with Crippen molar-refractivity contribution in [3.05, 3.63) is 0 Å². The second-order valence-corrected chi connectivity index (χ2v) is 21.8. The van der Waals surface area contributed by atoms with Crippen molar-refractivity contribution >= 4 is 47.0 Å². The summed E-state index contributed by atoms with van der Waals surface area (Å²) in [7, 11) is 0. The van der Waals surface area contributed by atoms with Crippen LogP contribution in [-0.2, 0) is 60.1 Å². The summed E-state index contributed by atoms with van der Waals surface area (Å²) in [6, 6.07) is 0. The van der Waals surface area contributed by atoms with Gasteiger partial charge in [0.05, 0.1) is 45.5 Å². The van der Waals surface area contributed by atoms with E-state index in [-0.39, 0.29) is 116 Å². The second-order valence-electron chi connectivity index (χ2n) is 21.8. The predicted molar refractivity (Wildman–Crippen MR) is 265 cm³/mol. The molecule has 0 aromatic rings. The predicted octanol–water partition coefficient (Wildman–Crippen LogP) is 8.16. The summed E-state index contributed by atoms with van der Waals surface area (Å²) in [6.45, 7) is 45.4. The van der Waals surface area contributed by atoms with Crippen molar-refractivity contribution in [3.8, 4) is 0 Å². The molecular formula is C56H100O12Ti. The fourth-order valence-electron chi connectivity index (χ4n) is 10.7. The Bertz CT molecular complexity index is 1310. The molecule has 0 atom stereocenters. The molecular weight excluding hydrogens is 912 g/mol. The Morgan fingerprint density at radius 1 is 0.261 bits per heavy atom. The SMILES string of the molecule is CCC(CC)(C(=O)[O-])C(=O)C(C(C)C)C(C)C.CCC(CC)(C(=O)[O-])C(=O)C(C(C)C)C(C)C.CCC(CC)(C(=O)[O-])C(=O)C(C(C)C)C(C)C.CCC(CC)(C(=O)[O-])C(=O)C(C(C)C)C(C)C.[Ti+4]. The first-order valence-electron chi connectivity index (χ1n) is 26.0. The number of carboxylic acid groups (broad SMARTS) is 4. The first kappa shape index (κ1) is 75.2. The molecule has 0 aromatic carbocycles. The van der Waals surface area contributed by atoms with Crippen molar-refractivity contribution in [2.75, 3.05) is 0 Å². The Morgan fingerprint density at radius 3 is 0.391 bits per heavy atom. The van der Waals surface area contributed by atoms with E-state index in [1.54, 1.807) is 55.4 Å². The Morgan fingerprint density at radius 2 is 0.348 bits per heavy atom. The maximum Gasteiger partial charge on any atom is 4.00 e. The molecule has 69 heavy (non-hydrogen) atoms. The fraction of sp³-hybridized carbons (Fsp3) is 0.857.